The van der Waals surface area contributed by atoms with Crippen molar-refractivity contribution in [2.45, 2.75) is 12.6 Å². The van der Waals surface area contributed by atoms with Crippen molar-refractivity contribution in [3.63, 3.8) is 0 Å². The van der Waals surface area contributed by atoms with Crippen LogP contribution in [0.5, 0.6) is 5.75 Å². The lowest BCUT2D eigenvalue weighted by molar-refractivity contribution is -0.141. The number of halogens is 3. The molecular weight excluding hydrogens is 279 g/mol. The van der Waals surface area contributed by atoms with Gasteiger partial charge in [-0.3, -0.25) is 4.98 Å². The highest BCUT2D eigenvalue weighted by molar-refractivity contribution is 5.51. The van der Waals surface area contributed by atoms with Gasteiger partial charge < -0.3 is 4.74 Å². The fourth-order valence-corrected chi connectivity index (χ4v) is 1.84. The number of benzene rings is 1. The van der Waals surface area contributed by atoms with Crippen LogP contribution >= 0.6 is 0 Å². The molecule has 2 nitrogen and oxygen atoms in total. The number of ether oxygens (including phenoxy) is 1. The lowest BCUT2D eigenvalue weighted by atomic mass is 10.1. The van der Waals surface area contributed by atoms with Crippen LogP contribution in [0, 0.1) is 6.07 Å². The Morgan fingerprint density at radius 2 is 1.95 bits per heavy atom. The molecule has 0 saturated heterocycles. The van der Waals surface area contributed by atoms with Crippen LogP contribution in [0.1, 0.15) is 16.8 Å². The van der Waals surface area contributed by atoms with Gasteiger partial charge in [0.15, 0.2) is 0 Å². The number of allylic oxidation sites excluding steroid dienone is 1. The molecule has 0 amide bonds. The molecule has 1 aromatic carbocycles. The molecule has 1 heterocycles. The number of hydrogen-bond donors (Lipinski definition) is 0. The Bertz CT molecular complexity index is 618. The van der Waals surface area contributed by atoms with E-state index in [0.29, 0.717) is 0 Å². The molecule has 0 N–H and O–H groups in total. The molecule has 2 aromatic rings. The van der Waals surface area contributed by atoms with Gasteiger partial charge in [0.1, 0.15) is 11.4 Å². The highest BCUT2D eigenvalue weighted by Gasteiger charge is 2.34. The molecule has 0 aliphatic carbocycles. The van der Waals surface area contributed by atoms with Crippen molar-refractivity contribution in [3.8, 4) is 5.75 Å². The number of pyridine rings is 1. The summed E-state index contributed by atoms with van der Waals surface area (Å²) in [4.78, 5) is 3.37. The van der Waals surface area contributed by atoms with Gasteiger partial charge in [0.2, 0.25) is 0 Å². The summed E-state index contributed by atoms with van der Waals surface area (Å²) in [6.45, 7) is 0. The molecule has 0 fully saturated rings. The maximum Gasteiger partial charge on any atom is 0.433 e. The van der Waals surface area contributed by atoms with Gasteiger partial charge in [0, 0.05) is 12.3 Å². The Kier molecular flexibility index (Phi) is 4.62. The van der Waals surface area contributed by atoms with Crippen LogP contribution in [0.2, 0.25) is 0 Å². The molecule has 0 aliphatic heterocycles. The zero-order valence-corrected chi connectivity index (χ0v) is 11.3. The maximum atomic E-state index is 12.8. The van der Waals surface area contributed by atoms with Crippen molar-refractivity contribution >= 4 is 6.08 Å². The second-order valence-electron chi connectivity index (χ2n) is 4.32. The van der Waals surface area contributed by atoms with Crippen LogP contribution in [0.25, 0.3) is 6.08 Å². The predicted molar refractivity (Wildman–Crippen MR) is 73.8 cm³/mol. The van der Waals surface area contributed by atoms with Crippen LogP contribution in [0.15, 0.2) is 42.6 Å². The van der Waals surface area contributed by atoms with E-state index in [1.807, 2.05) is 12.1 Å². The molecule has 0 unspecified atom stereocenters. The van der Waals surface area contributed by atoms with Crippen LogP contribution in [-0.2, 0) is 12.6 Å². The normalized spacial score (nSPS) is 11.8. The summed E-state index contributed by atoms with van der Waals surface area (Å²) in [5.74, 6) is 0.730. The second-order valence-corrected chi connectivity index (χ2v) is 4.32. The van der Waals surface area contributed by atoms with Gasteiger partial charge in [-0.25, -0.2) is 0 Å². The molecule has 1 radical (unpaired) electrons. The van der Waals surface area contributed by atoms with E-state index >= 15 is 0 Å². The average Bonchev–Trinajstić information content (AvgIpc) is 2.47. The summed E-state index contributed by atoms with van der Waals surface area (Å²) in [6.07, 6.45) is 0.150. The van der Waals surface area contributed by atoms with Gasteiger partial charge in [-0.2, -0.15) is 13.2 Å². The van der Waals surface area contributed by atoms with Crippen molar-refractivity contribution in [1.82, 2.24) is 4.98 Å². The molecule has 0 atom stereocenters. The first-order valence-corrected chi connectivity index (χ1v) is 6.23. The SMILES string of the molecule is COc1ccc(C=CCc2c[c]cnc2C(F)(F)F)cc1. The molecule has 109 valence electrons. The van der Waals surface area contributed by atoms with E-state index in [1.54, 1.807) is 31.4 Å². The molecule has 2 rings (SSSR count). The van der Waals surface area contributed by atoms with Gasteiger partial charge in [-0.1, -0.05) is 24.3 Å². The molecular formula is C16H13F3NO. The van der Waals surface area contributed by atoms with E-state index in [1.165, 1.54) is 6.07 Å². The summed E-state index contributed by atoms with van der Waals surface area (Å²) in [7, 11) is 1.57. The lowest BCUT2D eigenvalue weighted by Gasteiger charge is -2.09. The Labute approximate surface area is 120 Å². The zero-order chi connectivity index (χ0) is 15.3. The predicted octanol–water partition coefficient (Wildman–Crippen LogP) is 4.17. The number of nitrogens with zero attached hydrogens (tertiary/aromatic N) is 1. The van der Waals surface area contributed by atoms with Gasteiger partial charge in [0.05, 0.1) is 7.11 Å². The van der Waals surface area contributed by atoms with Gasteiger partial charge in [0.25, 0.3) is 0 Å². The standard InChI is InChI=1S/C16H13F3NO/c1-21-14-9-7-12(8-10-14)4-2-5-13-6-3-11-20-15(13)16(17,18)19/h2,4,6-11H,5H2,1H3. The van der Waals surface area contributed by atoms with E-state index in [4.69, 9.17) is 4.74 Å². The van der Waals surface area contributed by atoms with Crippen LogP contribution in [-0.4, -0.2) is 12.1 Å². The van der Waals surface area contributed by atoms with Gasteiger partial charge >= 0.3 is 6.18 Å². The van der Waals surface area contributed by atoms with Crippen LogP contribution < -0.4 is 4.74 Å². The third-order valence-corrected chi connectivity index (χ3v) is 2.86. The molecule has 0 aliphatic rings. The highest BCUT2D eigenvalue weighted by atomic mass is 19.4. The summed E-state index contributed by atoms with van der Waals surface area (Å²) in [5, 5.41) is 0. The Hall–Kier alpha value is -2.30. The number of alkyl halides is 3. The fourth-order valence-electron chi connectivity index (χ4n) is 1.84. The molecule has 5 heteroatoms. The molecule has 1 aromatic heterocycles. The Morgan fingerprint density at radius 3 is 2.57 bits per heavy atom. The van der Waals surface area contributed by atoms with Crippen LogP contribution in [0.4, 0.5) is 13.2 Å². The highest BCUT2D eigenvalue weighted by Crippen LogP contribution is 2.30. The number of methoxy groups -OCH3 is 1. The van der Waals surface area contributed by atoms with Crippen molar-refractivity contribution < 1.29 is 17.9 Å². The monoisotopic (exact) mass is 292 g/mol. The zero-order valence-electron chi connectivity index (χ0n) is 11.3. The quantitative estimate of drug-likeness (QED) is 0.844. The minimum absolute atomic E-state index is 0.106. The van der Waals surface area contributed by atoms with Gasteiger partial charge in [-0.05, 0) is 35.7 Å². The Balaban J connectivity index is 2.10. The first-order valence-electron chi connectivity index (χ1n) is 6.23. The second kappa shape index (κ2) is 6.43. The number of aromatic nitrogens is 1. The first-order chi connectivity index (χ1) is 10.0. The minimum Gasteiger partial charge on any atom is -0.497 e. The van der Waals surface area contributed by atoms with Gasteiger partial charge in [-0.15, -0.1) is 0 Å². The number of hydrogen-bond acceptors (Lipinski definition) is 2. The molecule has 21 heavy (non-hydrogen) atoms. The summed E-state index contributed by atoms with van der Waals surface area (Å²) >= 11 is 0. The lowest BCUT2D eigenvalue weighted by Crippen LogP contribution is -2.11. The average molecular weight is 292 g/mol. The van der Waals surface area contributed by atoms with Crippen molar-refractivity contribution in [1.29, 1.82) is 0 Å². The van der Waals surface area contributed by atoms with Crippen molar-refractivity contribution in [2.24, 2.45) is 0 Å². The smallest absolute Gasteiger partial charge is 0.433 e. The van der Waals surface area contributed by atoms with E-state index in [9.17, 15) is 13.2 Å². The third kappa shape index (κ3) is 4.08. The van der Waals surface area contributed by atoms with E-state index < -0.39 is 11.9 Å². The summed E-state index contributed by atoms with van der Waals surface area (Å²) in [6, 6.07) is 11.1. The minimum atomic E-state index is -4.45. The summed E-state index contributed by atoms with van der Waals surface area (Å²) in [5.41, 5.74) is 0.132. The van der Waals surface area contributed by atoms with Crippen molar-refractivity contribution in [3.05, 3.63) is 65.5 Å². The van der Waals surface area contributed by atoms with E-state index in [-0.39, 0.29) is 12.0 Å². The summed E-state index contributed by atoms with van der Waals surface area (Å²) < 4.78 is 43.3. The molecule has 0 spiro atoms. The molecule has 0 saturated carbocycles. The van der Waals surface area contributed by atoms with E-state index in [2.05, 4.69) is 11.1 Å². The Morgan fingerprint density at radius 1 is 1.24 bits per heavy atom. The first kappa shape index (κ1) is 15.1. The number of rotatable bonds is 4. The van der Waals surface area contributed by atoms with Crippen molar-refractivity contribution in [2.75, 3.05) is 7.11 Å². The topological polar surface area (TPSA) is 22.1 Å². The maximum absolute atomic E-state index is 12.8. The fraction of sp³-hybridized carbons (Fsp3) is 0.188. The van der Waals surface area contributed by atoms with Crippen LogP contribution in [0.3, 0.4) is 0 Å². The van der Waals surface area contributed by atoms with E-state index in [0.717, 1.165) is 17.5 Å². The third-order valence-electron chi connectivity index (χ3n) is 2.86. The molecule has 0 bridgehead atoms. The largest absolute Gasteiger partial charge is 0.497 e.